The maximum absolute atomic E-state index is 13.8. The van der Waals surface area contributed by atoms with Crippen LogP contribution in [0.1, 0.15) is 16.7 Å². The van der Waals surface area contributed by atoms with Crippen molar-refractivity contribution in [3.8, 4) is 0 Å². The third-order valence-corrected chi connectivity index (χ3v) is 3.35. The number of anilines is 1. The largest absolute Gasteiger partial charge is 0.336 e. The molecule has 1 aliphatic heterocycles. The molecule has 3 nitrogen and oxygen atoms in total. The quantitative estimate of drug-likeness (QED) is 0.790. The SMILES string of the molecule is Cc1cnc(N2CCc3c(F)ccc(F)c3C2)nc1. The highest BCUT2D eigenvalue weighted by atomic mass is 19.1. The van der Waals surface area contributed by atoms with Crippen LogP contribution in [0.3, 0.4) is 0 Å². The third kappa shape index (κ3) is 2.16. The number of fused-ring (bicyclic) bond motifs is 1. The van der Waals surface area contributed by atoms with Crippen LogP contribution in [0.5, 0.6) is 0 Å². The highest BCUT2D eigenvalue weighted by Gasteiger charge is 2.23. The Hall–Kier alpha value is -2.04. The Morgan fingerprint density at radius 3 is 2.37 bits per heavy atom. The van der Waals surface area contributed by atoms with Gasteiger partial charge < -0.3 is 4.90 Å². The molecular formula is C14H13F2N3. The summed E-state index contributed by atoms with van der Waals surface area (Å²) >= 11 is 0. The number of aryl methyl sites for hydroxylation is 1. The van der Waals surface area contributed by atoms with Crippen LogP contribution in [-0.2, 0) is 13.0 Å². The molecule has 0 radical (unpaired) electrons. The van der Waals surface area contributed by atoms with Crippen molar-refractivity contribution in [2.24, 2.45) is 0 Å². The number of hydrogen-bond acceptors (Lipinski definition) is 3. The molecule has 0 atom stereocenters. The molecule has 98 valence electrons. The van der Waals surface area contributed by atoms with E-state index in [4.69, 9.17) is 0 Å². The molecule has 0 saturated heterocycles. The Morgan fingerprint density at radius 2 is 1.68 bits per heavy atom. The molecule has 0 N–H and O–H groups in total. The molecule has 2 aromatic rings. The Labute approximate surface area is 109 Å². The van der Waals surface area contributed by atoms with Gasteiger partial charge in [0.25, 0.3) is 0 Å². The van der Waals surface area contributed by atoms with Crippen molar-refractivity contribution < 1.29 is 8.78 Å². The zero-order valence-corrected chi connectivity index (χ0v) is 10.5. The van der Waals surface area contributed by atoms with Crippen LogP contribution in [0.4, 0.5) is 14.7 Å². The molecule has 0 spiro atoms. The first kappa shape index (κ1) is 12.0. The van der Waals surface area contributed by atoms with Crippen molar-refractivity contribution in [3.05, 3.63) is 52.9 Å². The maximum atomic E-state index is 13.8. The maximum Gasteiger partial charge on any atom is 0.225 e. The van der Waals surface area contributed by atoms with Gasteiger partial charge in [0.15, 0.2) is 0 Å². The molecule has 0 aliphatic carbocycles. The van der Waals surface area contributed by atoms with Gasteiger partial charge in [-0.15, -0.1) is 0 Å². The van der Waals surface area contributed by atoms with Crippen LogP contribution >= 0.6 is 0 Å². The highest BCUT2D eigenvalue weighted by Crippen LogP contribution is 2.26. The molecule has 1 aromatic heterocycles. The topological polar surface area (TPSA) is 29.0 Å². The molecule has 5 heteroatoms. The Bertz CT molecular complexity index is 611. The summed E-state index contributed by atoms with van der Waals surface area (Å²) in [6.45, 7) is 2.81. The van der Waals surface area contributed by atoms with Crippen molar-refractivity contribution in [2.75, 3.05) is 11.4 Å². The average molecular weight is 261 g/mol. The fraction of sp³-hybridized carbons (Fsp3) is 0.286. The van der Waals surface area contributed by atoms with E-state index >= 15 is 0 Å². The van der Waals surface area contributed by atoms with E-state index in [2.05, 4.69) is 9.97 Å². The van der Waals surface area contributed by atoms with Crippen molar-refractivity contribution in [2.45, 2.75) is 19.9 Å². The van der Waals surface area contributed by atoms with Gasteiger partial charge in [-0.2, -0.15) is 0 Å². The van der Waals surface area contributed by atoms with E-state index in [1.807, 2.05) is 11.8 Å². The minimum absolute atomic E-state index is 0.308. The first-order valence-electron chi connectivity index (χ1n) is 6.14. The van der Waals surface area contributed by atoms with E-state index in [9.17, 15) is 8.78 Å². The van der Waals surface area contributed by atoms with Crippen LogP contribution in [0, 0.1) is 18.6 Å². The lowest BCUT2D eigenvalue weighted by molar-refractivity contribution is 0.547. The van der Waals surface area contributed by atoms with Crippen LogP contribution < -0.4 is 4.90 Å². The lowest BCUT2D eigenvalue weighted by Crippen LogP contribution is -2.33. The first-order valence-corrected chi connectivity index (χ1v) is 6.14. The summed E-state index contributed by atoms with van der Waals surface area (Å²) in [5.74, 6) is -0.144. The second-order valence-corrected chi connectivity index (χ2v) is 4.72. The standard InChI is InChI=1S/C14H13F2N3/c1-9-6-17-14(18-7-9)19-5-4-10-11(8-19)13(16)3-2-12(10)15/h2-3,6-7H,4-5,8H2,1H3. The van der Waals surface area contributed by atoms with Gasteiger partial charge in [-0.25, -0.2) is 18.7 Å². The molecule has 0 unspecified atom stereocenters. The molecule has 19 heavy (non-hydrogen) atoms. The van der Waals surface area contributed by atoms with Gasteiger partial charge in [0, 0.05) is 31.0 Å². The zero-order valence-electron chi connectivity index (χ0n) is 10.5. The van der Waals surface area contributed by atoms with Crippen LogP contribution in [0.15, 0.2) is 24.5 Å². The van der Waals surface area contributed by atoms with E-state index in [0.29, 0.717) is 36.6 Å². The van der Waals surface area contributed by atoms with Gasteiger partial charge in [-0.05, 0) is 36.6 Å². The van der Waals surface area contributed by atoms with Gasteiger partial charge in [-0.1, -0.05) is 0 Å². The van der Waals surface area contributed by atoms with Gasteiger partial charge in [0.2, 0.25) is 5.95 Å². The highest BCUT2D eigenvalue weighted by molar-refractivity contribution is 5.41. The lowest BCUT2D eigenvalue weighted by atomic mass is 9.99. The Kier molecular flexibility index (Phi) is 2.89. The summed E-state index contributed by atoms with van der Waals surface area (Å²) in [7, 11) is 0. The number of nitrogens with zero attached hydrogens (tertiary/aromatic N) is 3. The summed E-state index contributed by atoms with van der Waals surface area (Å²) < 4.78 is 27.4. The van der Waals surface area contributed by atoms with Crippen molar-refractivity contribution in [1.29, 1.82) is 0 Å². The molecule has 0 saturated carbocycles. The molecular weight excluding hydrogens is 248 g/mol. The van der Waals surface area contributed by atoms with Gasteiger partial charge in [-0.3, -0.25) is 0 Å². The van der Waals surface area contributed by atoms with E-state index in [-0.39, 0.29) is 11.6 Å². The summed E-state index contributed by atoms with van der Waals surface area (Å²) in [4.78, 5) is 10.3. The summed E-state index contributed by atoms with van der Waals surface area (Å²) in [6, 6.07) is 2.36. The second kappa shape index (κ2) is 4.57. The van der Waals surface area contributed by atoms with Crippen LogP contribution in [0.25, 0.3) is 0 Å². The number of hydrogen-bond donors (Lipinski definition) is 0. The van der Waals surface area contributed by atoms with Gasteiger partial charge in [0.1, 0.15) is 11.6 Å². The number of rotatable bonds is 1. The zero-order chi connectivity index (χ0) is 13.4. The molecule has 1 aromatic carbocycles. The smallest absolute Gasteiger partial charge is 0.225 e. The van der Waals surface area contributed by atoms with E-state index in [1.165, 1.54) is 12.1 Å². The summed E-state index contributed by atoms with van der Waals surface area (Å²) in [6.07, 6.45) is 3.91. The first-order chi connectivity index (χ1) is 9.15. The predicted molar refractivity (Wildman–Crippen MR) is 67.9 cm³/mol. The fourth-order valence-corrected chi connectivity index (χ4v) is 2.31. The molecule has 0 bridgehead atoms. The van der Waals surface area contributed by atoms with Gasteiger partial charge in [0.05, 0.1) is 0 Å². The van der Waals surface area contributed by atoms with Gasteiger partial charge >= 0.3 is 0 Å². The minimum Gasteiger partial charge on any atom is -0.336 e. The summed E-state index contributed by atoms with van der Waals surface area (Å²) in [5.41, 5.74) is 1.86. The van der Waals surface area contributed by atoms with E-state index in [1.54, 1.807) is 12.4 Å². The minimum atomic E-state index is -0.367. The second-order valence-electron chi connectivity index (χ2n) is 4.72. The molecule has 0 amide bonds. The summed E-state index contributed by atoms with van der Waals surface area (Å²) in [5, 5.41) is 0. The monoisotopic (exact) mass is 261 g/mol. The van der Waals surface area contributed by atoms with Crippen molar-refractivity contribution >= 4 is 5.95 Å². The van der Waals surface area contributed by atoms with Crippen molar-refractivity contribution in [3.63, 3.8) is 0 Å². The van der Waals surface area contributed by atoms with Crippen LogP contribution in [-0.4, -0.2) is 16.5 Å². The average Bonchev–Trinajstić information content (AvgIpc) is 2.43. The Morgan fingerprint density at radius 1 is 1.05 bits per heavy atom. The van der Waals surface area contributed by atoms with Crippen molar-refractivity contribution in [1.82, 2.24) is 9.97 Å². The molecule has 3 rings (SSSR count). The number of halogens is 2. The normalized spacial score (nSPS) is 14.4. The lowest BCUT2D eigenvalue weighted by Gasteiger charge is -2.29. The number of benzene rings is 1. The molecule has 1 aliphatic rings. The fourth-order valence-electron chi connectivity index (χ4n) is 2.31. The Balaban J connectivity index is 1.94. The third-order valence-electron chi connectivity index (χ3n) is 3.35. The molecule has 0 fully saturated rings. The van der Waals surface area contributed by atoms with Crippen LogP contribution in [0.2, 0.25) is 0 Å². The number of aromatic nitrogens is 2. The predicted octanol–water partition coefficient (Wildman–Crippen LogP) is 2.63. The molecule has 2 heterocycles. The van der Waals surface area contributed by atoms with E-state index in [0.717, 1.165) is 5.56 Å². The van der Waals surface area contributed by atoms with E-state index < -0.39 is 0 Å².